The minimum atomic E-state index is -0.449. The summed E-state index contributed by atoms with van der Waals surface area (Å²) in [7, 11) is 3.00. The number of amides is 1. The van der Waals surface area contributed by atoms with Crippen LogP contribution in [0.25, 0.3) is 11.3 Å². The van der Waals surface area contributed by atoms with Crippen LogP contribution in [0, 0.1) is 0 Å². The maximum atomic E-state index is 12.4. The van der Waals surface area contributed by atoms with Gasteiger partial charge in [-0.05, 0) is 24.3 Å². The monoisotopic (exact) mass is 399 g/mol. The van der Waals surface area contributed by atoms with Gasteiger partial charge in [0, 0.05) is 28.4 Å². The predicted octanol–water partition coefficient (Wildman–Crippen LogP) is 3.22. The van der Waals surface area contributed by atoms with Crippen molar-refractivity contribution in [2.75, 3.05) is 19.5 Å². The van der Waals surface area contributed by atoms with Crippen molar-refractivity contribution in [1.29, 1.82) is 0 Å². The second kappa shape index (κ2) is 8.58. The van der Waals surface area contributed by atoms with E-state index in [1.165, 1.54) is 13.2 Å². The van der Waals surface area contributed by atoms with Crippen molar-refractivity contribution in [2.45, 2.75) is 6.54 Å². The lowest BCUT2D eigenvalue weighted by Gasteiger charge is -2.12. The zero-order chi connectivity index (χ0) is 20.1. The second-order valence-electron chi connectivity index (χ2n) is 5.84. The topological polar surface area (TPSA) is 82.4 Å². The fourth-order valence-corrected chi connectivity index (χ4v) is 2.71. The summed E-state index contributed by atoms with van der Waals surface area (Å²) < 4.78 is 11.5. The van der Waals surface area contributed by atoms with Crippen molar-refractivity contribution in [2.24, 2.45) is 0 Å². The van der Waals surface area contributed by atoms with Gasteiger partial charge in [-0.15, -0.1) is 0 Å². The molecule has 0 aliphatic heterocycles. The van der Waals surface area contributed by atoms with E-state index < -0.39 is 11.5 Å². The molecule has 0 saturated heterocycles. The van der Waals surface area contributed by atoms with Gasteiger partial charge in [0.2, 0.25) is 5.91 Å². The Bertz CT molecular complexity index is 1050. The summed E-state index contributed by atoms with van der Waals surface area (Å²) in [5.41, 5.74) is 1.26. The Labute approximate surface area is 166 Å². The highest BCUT2D eigenvalue weighted by molar-refractivity contribution is 6.30. The number of anilines is 1. The summed E-state index contributed by atoms with van der Waals surface area (Å²) in [6.45, 7) is -0.249. The number of nitrogens with one attached hydrogen (secondary N) is 1. The highest BCUT2D eigenvalue weighted by Gasteiger charge is 2.14. The average Bonchev–Trinajstić information content (AvgIpc) is 2.70. The molecule has 28 heavy (non-hydrogen) atoms. The lowest BCUT2D eigenvalue weighted by Crippen LogP contribution is -2.29. The van der Waals surface area contributed by atoms with E-state index in [2.05, 4.69) is 10.4 Å². The number of halogens is 1. The number of nitrogens with zero attached hydrogens (tertiary/aromatic N) is 2. The van der Waals surface area contributed by atoms with E-state index in [0.29, 0.717) is 33.5 Å². The van der Waals surface area contributed by atoms with Crippen LogP contribution < -0.4 is 20.3 Å². The van der Waals surface area contributed by atoms with Gasteiger partial charge in [0.1, 0.15) is 18.0 Å². The summed E-state index contributed by atoms with van der Waals surface area (Å²) in [5.74, 6) is 0.536. The van der Waals surface area contributed by atoms with Crippen molar-refractivity contribution in [3.8, 4) is 22.8 Å². The van der Waals surface area contributed by atoms with Crippen LogP contribution in [0.4, 0.5) is 5.69 Å². The first-order valence-corrected chi connectivity index (χ1v) is 8.74. The molecule has 0 aliphatic rings. The quantitative estimate of drug-likeness (QED) is 0.688. The van der Waals surface area contributed by atoms with Crippen molar-refractivity contribution >= 4 is 23.2 Å². The van der Waals surface area contributed by atoms with E-state index in [9.17, 15) is 9.59 Å². The molecule has 1 amide bonds. The van der Waals surface area contributed by atoms with Crippen LogP contribution in [0.5, 0.6) is 11.5 Å². The number of benzene rings is 2. The molecule has 1 N–H and O–H groups in total. The first-order valence-electron chi connectivity index (χ1n) is 8.36. The highest BCUT2D eigenvalue weighted by atomic mass is 35.5. The maximum Gasteiger partial charge on any atom is 0.270 e. The first kappa shape index (κ1) is 19.4. The van der Waals surface area contributed by atoms with Gasteiger partial charge in [0.05, 0.1) is 14.2 Å². The van der Waals surface area contributed by atoms with Crippen molar-refractivity contribution < 1.29 is 14.3 Å². The summed E-state index contributed by atoms with van der Waals surface area (Å²) in [5, 5.41) is 7.61. The minimum absolute atomic E-state index is 0.249. The van der Waals surface area contributed by atoms with Crippen molar-refractivity contribution in [3.05, 3.63) is 70.0 Å². The number of aromatic nitrogens is 2. The number of methoxy groups -OCH3 is 2. The number of ether oxygens (including phenoxy) is 2. The van der Waals surface area contributed by atoms with Gasteiger partial charge in [-0.3, -0.25) is 9.59 Å². The largest absolute Gasteiger partial charge is 0.497 e. The Morgan fingerprint density at radius 1 is 1.11 bits per heavy atom. The molecule has 3 rings (SSSR count). The number of carbonyl (C=O) groups is 1. The van der Waals surface area contributed by atoms with Gasteiger partial charge in [-0.2, -0.15) is 5.10 Å². The van der Waals surface area contributed by atoms with Crippen LogP contribution in [0.15, 0.2) is 59.4 Å². The van der Waals surface area contributed by atoms with Crippen LogP contribution in [-0.4, -0.2) is 29.9 Å². The molecule has 0 atom stereocenters. The molecule has 7 nitrogen and oxygen atoms in total. The molecule has 0 fully saturated rings. The Hall–Kier alpha value is -3.32. The fourth-order valence-electron chi connectivity index (χ4n) is 2.59. The average molecular weight is 400 g/mol. The molecule has 8 heteroatoms. The summed E-state index contributed by atoms with van der Waals surface area (Å²) in [6.07, 6.45) is 0. The molecule has 0 bridgehead atoms. The Kier molecular flexibility index (Phi) is 5.96. The molecule has 1 heterocycles. The smallest absolute Gasteiger partial charge is 0.270 e. The normalized spacial score (nSPS) is 10.4. The number of rotatable bonds is 6. The van der Waals surface area contributed by atoms with E-state index in [-0.39, 0.29) is 6.54 Å². The Morgan fingerprint density at radius 2 is 1.86 bits per heavy atom. The maximum absolute atomic E-state index is 12.4. The van der Waals surface area contributed by atoms with Gasteiger partial charge in [0.25, 0.3) is 5.56 Å². The zero-order valence-electron chi connectivity index (χ0n) is 15.3. The van der Waals surface area contributed by atoms with Gasteiger partial charge in [0.15, 0.2) is 5.75 Å². The molecule has 0 unspecified atom stereocenters. The summed E-state index contributed by atoms with van der Waals surface area (Å²) in [4.78, 5) is 24.7. The highest BCUT2D eigenvalue weighted by Crippen LogP contribution is 2.27. The van der Waals surface area contributed by atoms with Gasteiger partial charge in [-0.25, -0.2) is 4.68 Å². The van der Waals surface area contributed by atoms with Gasteiger partial charge >= 0.3 is 0 Å². The lowest BCUT2D eigenvalue weighted by atomic mass is 10.1. The first-order chi connectivity index (χ1) is 13.5. The molecular weight excluding hydrogens is 382 g/mol. The second-order valence-corrected chi connectivity index (χ2v) is 6.28. The Balaban J connectivity index is 1.87. The molecule has 0 radical (unpaired) electrons. The molecule has 3 aromatic rings. The molecule has 0 spiro atoms. The SMILES string of the molecule is COc1cccc(NC(=O)Cn2nc(-c3ccc(Cl)cc3)c(OC)cc2=O)c1. The van der Waals surface area contributed by atoms with Crippen molar-refractivity contribution in [1.82, 2.24) is 9.78 Å². The van der Waals surface area contributed by atoms with Crippen LogP contribution in [0.2, 0.25) is 5.02 Å². The predicted molar refractivity (Wildman–Crippen MR) is 107 cm³/mol. The van der Waals surface area contributed by atoms with E-state index in [4.69, 9.17) is 21.1 Å². The van der Waals surface area contributed by atoms with E-state index in [1.807, 2.05) is 0 Å². The number of carbonyl (C=O) groups excluding carboxylic acids is 1. The third-order valence-electron chi connectivity index (χ3n) is 3.95. The minimum Gasteiger partial charge on any atom is -0.497 e. The van der Waals surface area contributed by atoms with Gasteiger partial charge in [-0.1, -0.05) is 29.8 Å². The third kappa shape index (κ3) is 4.50. The van der Waals surface area contributed by atoms with Crippen LogP contribution in [0.3, 0.4) is 0 Å². The van der Waals surface area contributed by atoms with Crippen LogP contribution >= 0.6 is 11.6 Å². The van der Waals surface area contributed by atoms with E-state index in [0.717, 1.165) is 4.68 Å². The molecular formula is C20H18ClN3O4. The molecule has 1 aromatic heterocycles. The van der Waals surface area contributed by atoms with Crippen molar-refractivity contribution in [3.63, 3.8) is 0 Å². The van der Waals surface area contributed by atoms with E-state index >= 15 is 0 Å². The van der Waals surface area contributed by atoms with E-state index in [1.54, 1.807) is 55.6 Å². The van der Waals surface area contributed by atoms with Crippen LogP contribution in [-0.2, 0) is 11.3 Å². The molecule has 0 aliphatic carbocycles. The fraction of sp³-hybridized carbons (Fsp3) is 0.150. The standard InChI is InChI=1S/C20H18ClN3O4/c1-27-16-5-3-4-15(10-16)22-18(25)12-24-19(26)11-17(28-2)20(23-24)13-6-8-14(21)9-7-13/h3-11H,12H2,1-2H3,(H,22,25). The zero-order valence-corrected chi connectivity index (χ0v) is 16.1. The third-order valence-corrected chi connectivity index (χ3v) is 4.20. The molecule has 2 aromatic carbocycles. The number of hydrogen-bond donors (Lipinski definition) is 1. The molecule has 144 valence electrons. The Morgan fingerprint density at radius 3 is 2.54 bits per heavy atom. The summed E-state index contributed by atoms with van der Waals surface area (Å²) in [6, 6.07) is 15.2. The number of hydrogen-bond acceptors (Lipinski definition) is 5. The van der Waals surface area contributed by atoms with Crippen LogP contribution in [0.1, 0.15) is 0 Å². The lowest BCUT2D eigenvalue weighted by molar-refractivity contribution is -0.117. The molecule has 0 saturated carbocycles. The van der Waals surface area contributed by atoms with Gasteiger partial charge < -0.3 is 14.8 Å². The summed E-state index contributed by atoms with van der Waals surface area (Å²) >= 11 is 5.93.